The second kappa shape index (κ2) is 9.94. The summed E-state index contributed by atoms with van der Waals surface area (Å²) in [5.74, 6) is -0.701. The van der Waals surface area contributed by atoms with Crippen molar-refractivity contribution in [1.29, 1.82) is 0 Å². The van der Waals surface area contributed by atoms with Crippen molar-refractivity contribution in [3.8, 4) is 11.1 Å². The van der Waals surface area contributed by atoms with Gasteiger partial charge in [-0.2, -0.15) is 13.2 Å². The number of amides is 1. The summed E-state index contributed by atoms with van der Waals surface area (Å²) in [7, 11) is -1.64. The molecule has 192 valence electrons. The van der Waals surface area contributed by atoms with Gasteiger partial charge in [-0.1, -0.05) is 54.1 Å². The number of alkyl halides is 3. The Morgan fingerprint density at radius 3 is 2.19 bits per heavy atom. The number of carbonyl (C=O) groups excluding carboxylic acids is 1. The van der Waals surface area contributed by atoms with Gasteiger partial charge in [0.1, 0.15) is 21.2 Å². The second-order valence-corrected chi connectivity index (χ2v) is 11.8. The first-order valence-electron chi connectivity index (χ1n) is 11.5. The van der Waals surface area contributed by atoms with Crippen LogP contribution in [0.15, 0.2) is 54.6 Å². The predicted molar refractivity (Wildman–Crippen MR) is 134 cm³/mol. The molecule has 0 saturated carbocycles. The zero-order valence-corrected chi connectivity index (χ0v) is 21.4. The van der Waals surface area contributed by atoms with E-state index >= 15 is 0 Å². The maximum Gasteiger partial charge on any atom is 0.431 e. The van der Waals surface area contributed by atoms with Gasteiger partial charge in [0.15, 0.2) is 0 Å². The Balaban J connectivity index is 1.91. The highest BCUT2D eigenvalue weighted by molar-refractivity contribution is 7.91. The maximum absolute atomic E-state index is 14.5. The Labute approximate surface area is 213 Å². The van der Waals surface area contributed by atoms with Crippen LogP contribution in [0.1, 0.15) is 40.2 Å². The molecule has 0 spiro atoms. The van der Waals surface area contributed by atoms with Crippen molar-refractivity contribution < 1.29 is 26.4 Å². The molecule has 1 fully saturated rings. The fourth-order valence-corrected chi connectivity index (χ4v) is 6.42. The van der Waals surface area contributed by atoms with E-state index in [1.165, 1.54) is 18.9 Å². The van der Waals surface area contributed by atoms with Crippen LogP contribution in [-0.2, 0) is 22.6 Å². The lowest BCUT2D eigenvalue weighted by Gasteiger charge is -2.32. The van der Waals surface area contributed by atoms with Crippen LogP contribution in [0.25, 0.3) is 11.1 Å². The SMILES string of the molecule is Cc1c(-c2ccc(Cl)cc2)c(C(=O)N(C)C2CCS(=O)(=O)CC2)n(Cc2ccccc2)c1C(F)(F)F. The second-order valence-electron chi connectivity index (χ2n) is 9.07. The quantitative estimate of drug-likeness (QED) is 0.410. The molecule has 36 heavy (non-hydrogen) atoms. The van der Waals surface area contributed by atoms with Gasteiger partial charge in [0.2, 0.25) is 0 Å². The molecule has 1 aliphatic rings. The van der Waals surface area contributed by atoms with Gasteiger partial charge in [-0.15, -0.1) is 0 Å². The summed E-state index contributed by atoms with van der Waals surface area (Å²) in [6, 6.07) is 14.6. The van der Waals surface area contributed by atoms with Crippen molar-refractivity contribution in [3.05, 3.63) is 82.1 Å². The van der Waals surface area contributed by atoms with Crippen LogP contribution in [0.2, 0.25) is 5.02 Å². The van der Waals surface area contributed by atoms with Crippen LogP contribution in [-0.4, -0.2) is 48.4 Å². The standard InChI is InChI=1S/C26H26ClF3N2O3S/c1-17-22(19-8-10-20(27)11-9-19)23(25(33)31(2)21-12-14-36(34,35)15-13-21)32(24(17)26(28,29)30)16-18-6-4-3-5-7-18/h3-11,21H,12-16H2,1-2H3. The number of aromatic nitrogens is 1. The molecule has 1 saturated heterocycles. The van der Waals surface area contributed by atoms with E-state index in [4.69, 9.17) is 11.6 Å². The Hall–Kier alpha value is -2.78. The molecule has 1 amide bonds. The van der Waals surface area contributed by atoms with Gasteiger partial charge in [-0.25, -0.2) is 8.42 Å². The molecule has 2 heterocycles. The van der Waals surface area contributed by atoms with Crippen LogP contribution < -0.4 is 0 Å². The lowest BCUT2D eigenvalue weighted by Crippen LogP contribution is -2.43. The minimum Gasteiger partial charge on any atom is -0.337 e. The molecule has 5 nitrogen and oxygen atoms in total. The summed E-state index contributed by atoms with van der Waals surface area (Å²) in [5.41, 5.74) is 0.221. The van der Waals surface area contributed by atoms with Gasteiger partial charge in [0.25, 0.3) is 5.91 Å². The molecule has 0 N–H and O–H groups in total. The highest BCUT2D eigenvalue weighted by atomic mass is 35.5. The zero-order chi connectivity index (χ0) is 26.3. The number of benzene rings is 2. The van der Waals surface area contributed by atoms with Gasteiger partial charge in [0.05, 0.1) is 11.5 Å². The summed E-state index contributed by atoms with van der Waals surface area (Å²) in [4.78, 5) is 15.3. The van der Waals surface area contributed by atoms with E-state index in [1.54, 1.807) is 54.6 Å². The first kappa shape index (κ1) is 26.3. The predicted octanol–water partition coefficient (Wildman–Crippen LogP) is 5.83. The van der Waals surface area contributed by atoms with Crippen LogP contribution in [0.3, 0.4) is 0 Å². The minimum absolute atomic E-state index is 0.0521. The molecule has 1 aliphatic heterocycles. The van der Waals surface area contributed by atoms with Crippen LogP contribution in [0.5, 0.6) is 0 Å². The summed E-state index contributed by atoms with van der Waals surface area (Å²) >= 11 is 6.02. The fraction of sp³-hybridized carbons (Fsp3) is 0.346. The summed E-state index contributed by atoms with van der Waals surface area (Å²) in [5, 5.41) is 0.421. The Morgan fingerprint density at radius 2 is 1.64 bits per heavy atom. The molecule has 0 bridgehead atoms. The average Bonchev–Trinajstić information content (AvgIpc) is 3.11. The van der Waals surface area contributed by atoms with E-state index in [-0.39, 0.29) is 47.7 Å². The average molecular weight is 539 g/mol. The fourth-order valence-electron chi connectivity index (χ4n) is 4.82. The molecule has 1 aromatic heterocycles. The van der Waals surface area contributed by atoms with E-state index in [2.05, 4.69) is 0 Å². The summed E-state index contributed by atoms with van der Waals surface area (Å²) in [6.45, 7) is 1.22. The topological polar surface area (TPSA) is 59.4 Å². The number of hydrogen-bond acceptors (Lipinski definition) is 3. The highest BCUT2D eigenvalue weighted by Gasteiger charge is 2.42. The first-order chi connectivity index (χ1) is 16.9. The molecule has 10 heteroatoms. The molecule has 3 aromatic rings. The third-order valence-electron chi connectivity index (χ3n) is 6.69. The van der Waals surface area contributed by atoms with Crippen molar-refractivity contribution in [2.45, 2.75) is 38.5 Å². The summed E-state index contributed by atoms with van der Waals surface area (Å²) in [6.07, 6.45) is -4.23. The third-order valence-corrected chi connectivity index (χ3v) is 8.65. The molecular weight excluding hydrogens is 513 g/mol. The minimum atomic E-state index is -4.71. The monoisotopic (exact) mass is 538 g/mol. The maximum atomic E-state index is 14.5. The van der Waals surface area contributed by atoms with Crippen LogP contribution in [0.4, 0.5) is 13.2 Å². The molecule has 2 aromatic carbocycles. The largest absolute Gasteiger partial charge is 0.431 e. The highest BCUT2D eigenvalue weighted by Crippen LogP contribution is 2.42. The normalized spacial score (nSPS) is 16.2. The molecule has 0 radical (unpaired) electrons. The molecule has 0 unspecified atom stereocenters. The van der Waals surface area contributed by atoms with Crippen molar-refractivity contribution in [1.82, 2.24) is 9.47 Å². The molecule has 0 aliphatic carbocycles. The molecule has 0 atom stereocenters. The van der Waals surface area contributed by atoms with Crippen molar-refractivity contribution in [2.75, 3.05) is 18.6 Å². The van der Waals surface area contributed by atoms with Crippen molar-refractivity contribution in [3.63, 3.8) is 0 Å². The first-order valence-corrected chi connectivity index (χ1v) is 13.7. The summed E-state index contributed by atoms with van der Waals surface area (Å²) < 4.78 is 68.2. The van der Waals surface area contributed by atoms with E-state index in [0.717, 1.165) is 4.57 Å². The smallest absolute Gasteiger partial charge is 0.337 e. The lowest BCUT2D eigenvalue weighted by molar-refractivity contribution is -0.143. The number of carbonyl (C=O) groups is 1. The Kier molecular flexibility index (Phi) is 7.26. The van der Waals surface area contributed by atoms with Gasteiger partial charge < -0.3 is 9.47 Å². The van der Waals surface area contributed by atoms with Crippen molar-refractivity contribution >= 4 is 27.3 Å². The Bertz CT molecular complexity index is 1350. The number of nitrogens with zero attached hydrogens (tertiary/aromatic N) is 2. The number of hydrogen-bond donors (Lipinski definition) is 0. The van der Waals surface area contributed by atoms with Gasteiger partial charge in [-0.3, -0.25) is 4.79 Å². The van der Waals surface area contributed by atoms with Gasteiger partial charge >= 0.3 is 6.18 Å². The number of halogens is 4. The van der Waals surface area contributed by atoms with E-state index in [9.17, 15) is 26.4 Å². The number of rotatable bonds is 5. The van der Waals surface area contributed by atoms with Crippen LogP contribution in [0, 0.1) is 6.92 Å². The Morgan fingerprint density at radius 1 is 1.06 bits per heavy atom. The van der Waals surface area contributed by atoms with E-state index in [1.807, 2.05) is 0 Å². The molecule has 4 rings (SSSR count). The van der Waals surface area contributed by atoms with E-state index in [0.29, 0.717) is 16.1 Å². The lowest BCUT2D eigenvalue weighted by atomic mass is 9.99. The third kappa shape index (κ3) is 5.32. The zero-order valence-electron chi connectivity index (χ0n) is 19.8. The van der Waals surface area contributed by atoms with Crippen molar-refractivity contribution in [2.24, 2.45) is 0 Å². The van der Waals surface area contributed by atoms with Gasteiger partial charge in [-0.05, 0) is 48.6 Å². The van der Waals surface area contributed by atoms with Crippen LogP contribution >= 0.6 is 11.6 Å². The van der Waals surface area contributed by atoms with E-state index < -0.39 is 33.7 Å². The van der Waals surface area contributed by atoms with Gasteiger partial charge in [0, 0.05) is 30.2 Å². The molecular formula is C26H26ClF3N2O3S. The number of sulfone groups is 1.